The van der Waals surface area contributed by atoms with Crippen molar-refractivity contribution in [3.63, 3.8) is 0 Å². The van der Waals surface area contributed by atoms with Crippen LogP contribution in [-0.4, -0.2) is 40.7 Å². The number of carbonyl (C=O) groups is 2. The molecule has 3 aromatic rings. The number of amides is 2. The van der Waals surface area contributed by atoms with E-state index in [0.29, 0.717) is 6.07 Å². The maximum atomic E-state index is 15.2. The summed E-state index contributed by atoms with van der Waals surface area (Å²) in [4.78, 5) is 28.9. The molecule has 0 radical (unpaired) electrons. The largest absolute Gasteiger partial charge is 0.573 e. The smallest absolute Gasteiger partial charge is 0.404 e. The highest BCUT2D eigenvalue weighted by atomic mass is 79.9. The molecular weight excluding hydrogens is 707 g/mol. The van der Waals surface area contributed by atoms with Crippen molar-refractivity contribution in [2.75, 3.05) is 10.4 Å². The maximum Gasteiger partial charge on any atom is 0.573 e. The summed E-state index contributed by atoms with van der Waals surface area (Å²) in [5.41, 5.74) is -12.3. The monoisotopic (exact) mass is 715 g/mol. The highest BCUT2D eigenvalue weighted by molar-refractivity contribution is 9.10. The molecule has 0 saturated heterocycles. The van der Waals surface area contributed by atoms with E-state index in [1.54, 1.807) is 5.32 Å². The minimum Gasteiger partial charge on any atom is -0.404 e. The van der Waals surface area contributed by atoms with Gasteiger partial charge < -0.3 is 10.1 Å². The summed E-state index contributed by atoms with van der Waals surface area (Å²) >= 11 is 7.97. The van der Waals surface area contributed by atoms with E-state index in [0.717, 1.165) is 30.5 Å². The molecule has 0 aliphatic carbocycles. The Kier molecular flexibility index (Phi) is 9.24. The molecular formula is C23H10BrClF11N3O4. The molecule has 0 unspecified atom stereocenters. The van der Waals surface area contributed by atoms with Gasteiger partial charge in [0.05, 0.1) is 16.8 Å². The standard InChI is InChI=1S/C23H10BrClF11N3O4/c24-12-6-10(20(27,21(28,29)30)22(31,32)33)7-14(43-23(34,35)36)17(12)38-18(40)11-2-1-3-13(16(11)26)39(42)19(41)9-4-5-15(25)37-8-9/h1-8,42H,(H,38,40). The number of nitrogens with one attached hydrogen (secondary N) is 1. The van der Waals surface area contributed by atoms with Gasteiger partial charge in [0.2, 0.25) is 0 Å². The number of halogens is 13. The number of pyridine rings is 1. The van der Waals surface area contributed by atoms with Gasteiger partial charge >= 0.3 is 24.4 Å². The first-order valence-corrected chi connectivity index (χ1v) is 11.9. The zero-order chi connectivity index (χ0) is 32.7. The second-order valence-electron chi connectivity index (χ2n) is 8.11. The van der Waals surface area contributed by atoms with Crippen molar-refractivity contribution in [1.82, 2.24) is 4.98 Å². The van der Waals surface area contributed by atoms with Crippen molar-refractivity contribution in [2.24, 2.45) is 0 Å². The first kappa shape index (κ1) is 33.8. The van der Waals surface area contributed by atoms with Crippen molar-refractivity contribution in [3.8, 4) is 5.75 Å². The lowest BCUT2D eigenvalue weighted by molar-refractivity contribution is -0.348. The van der Waals surface area contributed by atoms with Crippen molar-refractivity contribution >= 4 is 50.7 Å². The van der Waals surface area contributed by atoms with E-state index >= 15 is 4.39 Å². The maximum absolute atomic E-state index is 15.2. The second kappa shape index (κ2) is 11.8. The molecule has 2 amide bonds. The van der Waals surface area contributed by atoms with Crippen LogP contribution < -0.4 is 15.1 Å². The molecule has 43 heavy (non-hydrogen) atoms. The predicted molar refractivity (Wildman–Crippen MR) is 128 cm³/mol. The van der Waals surface area contributed by atoms with E-state index in [4.69, 9.17) is 11.6 Å². The Labute approximate surface area is 244 Å². The van der Waals surface area contributed by atoms with Crippen LogP contribution in [0.4, 0.5) is 59.7 Å². The van der Waals surface area contributed by atoms with Crippen LogP contribution in [0.25, 0.3) is 0 Å². The Morgan fingerprint density at radius 3 is 2.07 bits per heavy atom. The zero-order valence-corrected chi connectivity index (χ0v) is 22.4. The third kappa shape index (κ3) is 6.93. The number of hydrogen-bond donors (Lipinski definition) is 2. The molecule has 1 heterocycles. The molecule has 2 N–H and O–H groups in total. The van der Waals surface area contributed by atoms with E-state index in [9.17, 15) is 58.7 Å². The fraction of sp³-hybridized carbons (Fsp3) is 0.174. The molecule has 0 atom stereocenters. The fourth-order valence-corrected chi connectivity index (χ4v) is 4.02. The number of benzene rings is 2. The highest BCUT2D eigenvalue weighted by Gasteiger charge is 2.73. The van der Waals surface area contributed by atoms with Gasteiger partial charge in [0.15, 0.2) is 11.6 Å². The minimum absolute atomic E-state index is 0.0482. The van der Waals surface area contributed by atoms with Crippen LogP contribution in [0.15, 0.2) is 53.1 Å². The van der Waals surface area contributed by atoms with Crippen molar-refractivity contribution in [3.05, 3.63) is 80.8 Å². The van der Waals surface area contributed by atoms with E-state index in [1.807, 2.05) is 0 Å². The van der Waals surface area contributed by atoms with Gasteiger partial charge in [-0.25, -0.2) is 13.8 Å². The molecule has 0 aliphatic heterocycles. The van der Waals surface area contributed by atoms with E-state index in [2.05, 4.69) is 25.7 Å². The Hall–Kier alpha value is -3.71. The second-order valence-corrected chi connectivity index (χ2v) is 9.35. The average Bonchev–Trinajstić information content (AvgIpc) is 2.87. The van der Waals surface area contributed by atoms with Gasteiger partial charge in [0.25, 0.3) is 11.8 Å². The zero-order valence-electron chi connectivity index (χ0n) is 20.1. The number of alkyl halides is 10. The Morgan fingerprint density at radius 1 is 0.953 bits per heavy atom. The van der Waals surface area contributed by atoms with Gasteiger partial charge in [0, 0.05) is 16.2 Å². The van der Waals surface area contributed by atoms with Gasteiger partial charge in [-0.3, -0.25) is 14.8 Å². The Morgan fingerprint density at radius 2 is 1.56 bits per heavy atom. The van der Waals surface area contributed by atoms with Crippen molar-refractivity contribution < 1.29 is 67.8 Å². The Balaban J connectivity index is 2.07. The SMILES string of the molecule is O=C(Nc1c(Br)cc(C(F)(C(F)(F)F)C(F)(F)F)cc1OC(F)(F)F)c1cccc(N(O)C(=O)c2ccc(Cl)nc2)c1F. The average molecular weight is 717 g/mol. The first-order valence-electron chi connectivity index (χ1n) is 10.8. The molecule has 3 rings (SSSR count). The number of anilines is 2. The van der Waals surface area contributed by atoms with Gasteiger partial charge in [0.1, 0.15) is 10.8 Å². The van der Waals surface area contributed by atoms with Crippen molar-refractivity contribution in [1.29, 1.82) is 0 Å². The molecule has 0 spiro atoms. The van der Waals surface area contributed by atoms with Crippen molar-refractivity contribution in [2.45, 2.75) is 24.4 Å². The normalized spacial score (nSPS) is 12.6. The number of ether oxygens (including phenoxy) is 1. The molecule has 2 aromatic carbocycles. The molecule has 0 saturated carbocycles. The van der Waals surface area contributed by atoms with Gasteiger partial charge in [-0.1, -0.05) is 17.7 Å². The molecule has 0 fully saturated rings. The number of aromatic nitrogens is 1. The van der Waals surface area contributed by atoms with Crippen LogP contribution in [-0.2, 0) is 5.67 Å². The lowest BCUT2D eigenvalue weighted by Gasteiger charge is -2.31. The van der Waals surface area contributed by atoms with Crippen LogP contribution in [0.2, 0.25) is 5.15 Å². The highest BCUT2D eigenvalue weighted by Crippen LogP contribution is 2.55. The summed E-state index contributed by atoms with van der Waals surface area (Å²) in [5.74, 6) is -6.61. The third-order valence-electron chi connectivity index (χ3n) is 5.32. The first-order chi connectivity index (χ1) is 19.6. The van der Waals surface area contributed by atoms with Crippen LogP contribution in [0, 0.1) is 5.82 Å². The van der Waals surface area contributed by atoms with E-state index in [1.165, 1.54) is 0 Å². The lowest BCUT2D eigenvalue weighted by atomic mass is 9.93. The van der Waals surface area contributed by atoms with Gasteiger partial charge in [-0.2, -0.15) is 31.4 Å². The van der Waals surface area contributed by atoms with Crippen LogP contribution >= 0.6 is 27.5 Å². The number of carbonyl (C=O) groups excluding carboxylic acids is 2. The third-order valence-corrected chi connectivity index (χ3v) is 6.16. The molecule has 1 aromatic heterocycles. The van der Waals surface area contributed by atoms with Crippen LogP contribution in [0.5, 0.6) is 5.75 Å². The number of nitrogens with zero attached hydrogens (tertiary/aromatic N) is 2. The molecule has 0 bridgehead atoms. The molecule has 7 nitrogen and oxygen atoms in total. The molecule has 0 aliphatic rings. The predicted octanol–water partition coefficient (Wildman–Crippen LogP) is 8.11. The van der Waals surface area contributed by atoms with E-state index < -0.39 is 80.8 Å². The summed E-state index contributed by atoms with van der Waals surface area (Å²) < 4.78 is 150. The number of hydrogen-bond acceptors (Lipinski definition) is 5. The van der Waals surface area contributed by atoms with Crippen LogP contribution in [0.1, 0.15) is 26.3 Å². The quantitative estimate of drug-likeness (QED) is 0.116. The summed E-state index contributed by atoms with van der Waals surface area (Å²) in [6.07, 6.45) is -18.3. The van der Waals surface area contributed by atoms with E-state index in [-0.39, 0.29) is 21.8 Å². The van der Waals surface area contributed by atoms with Gasteiger partial charge in [-0.05, 0) is 52.3 Å². The molecule has 232 valence electrons. The fourth-order valence-electron chi connectivity index (χ4n) is 3.37. The number of hydroxylamine groups is 1. The topological polar surface area (TPSA) is 91.8 Å². The summed E-state index contributed by atoms with van der Waals surface area (Å²) in [6.45, 7) is 0. The lowest BCUT2D eigenvalue weighted by Crippen LogP contribution is -2.50. The van der Waals surface area contributed by atoms with Crippen LogP contribution in [0.3, 0.4) is 0 Å². The summed E-state index contributed by atoms with van der Waals surface area (Å²) in [6, 6.07) is 3.76. The Bertz CT molecular complexity index is 1530. The minimum atomic E-state index is -6.72. The number of rotatable bonds is 6. The van der Waals surface area contributed by atoms with Gasteiger partial charge in [-0.15, -0.1) is 13.2 Å². The summed E-state index contributed by atoms with van der Waals surface area (Å²) in [7, 11) is 0. The molecule has 20 heteroatoms. The summed E-state index contributed by atoms with van der Waals surface area (Å²) in [5, 5.41) is 11.5.